The predicted octanol–water partition coefficient (Wildman–Crippen LogP) is 1.37. The highest BCUT2D eigenvalue weighted by Gasteiger charge is 2.32. The first-order valence-electron chi connectivity index (χ1n) is 8.46. The van der Waals surface area contributed by atoms with E-state index < -0.39 is 5.60 Å². The van der Waals surface area contributed by atoms with Crippen LogP contribution in [0.25, 0.3) is 16.9 Å². The fourth-order valence-electron chi connectivity index (χ4n) is 3.31. The molecule has 0 bridgehead atoms. The van der Waals surface area contributed by atoms with Gasteiger partial charge in [-0.05, 0) is 48.4 Å². The van der Waals surface area contributed by atoms with E-state index in [1.54, 1.807) is 20.2 Å². The quantitative estimate of drug-likeness (QED) is 0.563. The molecule has 27 heavy (non-hydrogen) atoms. The molecule has 9 nitrogen and oxygen atoms in total. The van der Waals surface area contributed by atoms with E-state index in [1.165, 1.54) is 4.68 Å². The van der Waals surface area contributed by atoms with Gasteiger partial charge in [0.2, 0.25) is 0 Å². The molecule has 3 N–H and O–H groups in total. The zero-order valence-corrected chi connectivity index (χ0v) is 15.5. The highest BCUT2D eigenvalue weighted by atomic mass is 16.3. The summed E-state index contributed by atoms with van der Waals surface area (Å²) in [4.78, 5) is 8.67. The molecule has 0 spiro atoms. The first-order chi connectivity index (χ1) is 12.8. The average molecular weight is 364 g/mol. The Labute approximate surface area is 155 Å². The van der Waals surface area contributed by atoms with Crippen molar-refractivity contribution in [2.75, 3.05) is 5.73 Å². The maximum atomic E-state index is 11.1. The van der Waals surface area contributed by atoms with Crippen molar-refractivity contribution in [2.45, 2.75) is 26.4 Å². The van der Waals surface area contributed by atoms with Crippen LogP contribution in [0.3, 0.4) is 0 Å². The lowest BCUT2D eigenvalue weighted by molar-refractivity contribution is 0.0878. The van der Waals surface area contributed by atoms with Gasteiger partial charge in [0.05, 0.1) is 17.6 Å². The molecular weight excluding hydrogens is 344 g/mol. The minimum absolute atomic E-state index is 0.361. The summed E-state index contributed by atoms with van der Waals surface area (Å²) in [7, 11) is 1.70. The molecule has 3 heterocycles. The van der Waals surface area contributed by atoms with Crippen molar-refractivity contribution in [2.24, 2.45) is 7.05 Å². The van der Waals surface area contributed by atoms with Crippen molar-refractivity contribution in [1.29, 1.82) is 0 Å². The number of fused-ring (bicyclic) bond motifs is 1. The second kappa shape index (κ2) is 5.85. The third-order valence-corrected chi connectivity index (χ3v) is 4.77. The SMILES string of the molecule is Cc1cn2c(-c3cc(C(C)(O)c4nnnn4C)ccc3C)cnc2c(N)n1. The summed E-state index contributed by atoms with van der Waals surface area (Å²) in [6.07, 6.45) is 3.66. The topological polar surface area (TPSA) is 120 Å². The molecular formula is C18H20N8O. The van der Waals surface area contributed by atoms with Gasteiger partial charge < -0.3 is 10.8 Å². The molecule has 0 fully saturated rings. The number of nitrogens with zero attached hydrogens (tertiary/aromatic N) is 7. The van der Waals surface area contributed by atoms with E-state index in [2.05, 4.69) is 25.5 Å². The van der Waals surface area contributed by atoms with Crippen LogP contribution in [-0.4, -0.2) is 39.7 Å². The number of rotatable bonds is 3. The Hall–Kier alpha value is -3.33. The van der Waals surface area contributed by atoms with Gasteiger partial charge in [-0.3, -0.25) is 4.40 Å². The first-order valence-corrected chi connectivity index (χ1v) is 8.46. The number of hydrogen-bond acceptors (Lipinski definition) is 7. The maximum Gasteiger partial charge on any atom is 0.187 e. The summed E-state index contributed by atoms with van der Waals surface area (Å²) in [5.41, 5.74) is 9.57. The van der Waals surface area contributed by atoms with Crippen LogP contribution in [0.2, 0.25) is 0 Å². The first kappa shape index (κ1) is 17.1. The van der Waals surface area contributed by atoms with Crippen LogP contribution in [0.1, 0.15) is 29.6 Å². The van der Waals surface area contributed by atoms with E-state index in [4.69, 9.17) is 5.73 Å². The lowest BCUT2D eigenvalue weighted by atomic mass is 9.91. The van der Waals surface area contributed by atoms with Crippen LogP contribution < -0.4 is 5.73 Å². The summed E-state index contributed by atoms with van der Waals surface area (Å²) in [5, 5.41) is 22.5. The van der Waals surface area contributed by atoms with Gasteiger partial charge in [0.15, 0.2) is 17.3 Å². The predicted molar refractivity (Wildman–Crippen MR) is 99.8 cm³/mol. The molecule has 4 rings (SSSR count). The van der Waals surface area contributed by atoms with Crippen molar-refractivity contribution in [3.8, 4) is 11.3 Å². The molecule has 4 aromatic rings. The molecule has 0 amide bonds. The van der Waals surface area contributed by atoms with Gasteiger partial charge in [0, 0.05) is 18.8 Å². The number of aromatic nitrogens is 7. The molecule has 1 atom stereocenters. The van der Waals surface area contributed by atoms with Crippen molar-refractivity contribution in [3.05, 3.63) is 53.2 Å². The standard InChI is InChI=1S/C18H20N8O/c1-10-5-6-12(18(3,27)17-22-23-24-25(17)4)7-13(10)14-8-20-16-15(19)21-11(2)9-26(14)16/h5-9,27H,1-4H3,(H2,19,21). The number of hydrogen-bond donors (Lipinski definition) is 2. The number of aryl methyl sites for hydroxylation is 3. The van der Waals surface area contributed by atoms with Crippen LogP contribution >= 0.6 is 0 Å². The summed E-state index contributed by atoms with van der Waals surface area (Å²) in [6.45, 7) is 5.57. The molecule has 9 heteroatoms. The van der Waals surface area contributed by atoms with E-state index in [0.717, 1.165) is 22.5 Å². The molecule has 0 aliphatic heterocycles. The zero-order chi connectivity index (χ0) is 19.3. The second-order valence-electron chi connectivity index (χ2n) is 6.83. The van der Waals surface area contributed by atoms with E-state index in [-0.39, 0.29) is 0 Å². The van der Waals surface area contributed by atoms with Crippen molar-refractivity contribution in [1.82, 2.24) is 34.6 Å². The number of nitrogens with two attached hydrogens (primary N) is 1. The third-order valence-electron chi connectivity index (χ3n) is 4.77. The van der Waals surface area contributed by atoms with Gasteiger partial charge in [0.25, 0.3) is 0 Å². The highest BCUT2D eigenvalue weighted by molar-refractivity contribution is 5.72. The van der Waals surface area contributed by atoms with Gasteiger partial charge in [-0.2, -0.15) is 0 Å². The maximum absolute atomic E-state index is 11.1. The third kappa shape index (κ3) is 2.63. The number of aliphatic hydroxyl groups is 1. The van der Waals surface area contributed by atoms with Crippen LogP contribution in [0.5, 0.6) is 0 Å². The van der Waals surface area contributed by atoms with E-state index >= 15 is 0 Å². The number of nitrogen functional groups attached to an aromatic ring is 1. The Morgan fingerprint density at radius 3 is 2.70 bits per heavy atom. The Morgan fingerprint density at radius 2 is 2.00 bits per heavy atom. The van der Waals surface area contributed by atoms with Crippen molar-refractivity contribution in [3.63, 3.8) is 0 Å². The minimum atomic E-state index is -1.35. The number of anilines is 1. The molecule has 0 saturated heterocycles. The molecule has 1 aromatic carbocycles. The second-order valence-corrected chi connectivity index (χ2v) is 6.83. The van der Waals surface area contributed by atoms with Gasteiger partial charge in [0.1, 0.15) is 5.60 Å². The number of imidazole rings is 1. The molecule has 0 radical (unpaired) electrons. The fourth-order valence-corrected chi connectivity index (χ4v) is 3.31. The van der Waals surface area contributed by atoms with Gasteiger partial charge >= 0.3 is 0 Å². The summed E-state index contributed by atoms with van der Waals surface area (Å²) < 4.78 is 3.38. The van der Waals surface area contributed by atoms with Crippen LogP contribution in [0.4, 0.5) is 5.82 Å². The Morgan fingerprint density at radius 1 is 1.22 bits per heavy atom. The zero-order valence-electron chi connectivity index (χ0n) is 15.5. The lowest BCUT2D eigenvalue weighted by Gasteiger charge is -2.23. The molecule has 0 saturated carbocycles. The van der Waals surface area contributed by atoms with Gasteiger partial charge in [-0.15, -0.1) is 5.10 Å². The Balaban J connectivity index is 1.91. The number of benzene rings is 1. The van der Waals surface area contributed by atoms with Crippen molar-refractivity contribution < 1.29 is 5.11 Å². The van der Waals surface area contributed by atoms with Gasteiger partial charge in [-0.1, -0.05) is 12.1 Å². The molecule has 0 aliphatic carbocycles. The van der Waals surface area contributed by atoms with E-state index in [1.807, 2.05) is 42.6 Å². The van der Waals surface area contributed by atoms with E-state index in [9.17, 15) is 5.11 Å². The fraction of sp³-hybridized carbons (Fsp3) is 0.278. The highest BCUT2D eigenvalue weighted by Crippen LogP contribution is 2.33. The molecule has 138 valence electrons. The molecule has 1 unspecified atom stereocenters. The van der Waals surface area contributed by atoms with Crippen molar-refractivity contribution >= 4 is 11.5 Å². The summed E-state index contributed by atoms with van der Waals surface area (Å²) in [6, 6.07) is 5.76. The monoisotopic (exact) mass is 364 g/mol. The van der Waals surface area contributed by atoms with Crippen LogP contribution in [0, 0.1) is 13.8 Å². The van der Waals surface area contributed by atoms with Gasteiger partial charge in [-0.25, -0.2) is 14.6 Å². The Bertz CT molecular complexity index is 1160. The Kier molecular flexibility index (Phi) is 3.70. The molecule has 3 aromatic heterocycles. The number of tetrazole rings is 1. The normalized spacial score (nSPS) is 13.8. The smallest absolute Gasteiger partial charge is 0.187 e. The average Bonchev–Trinajstić information content (AvgIpc) is 3.22. The van der Waals surface area contributed by atoms with E-state index in [0.29, 0.717) is 22.9 Å². The van der Waals surface area contributed by atoms with Crippen LogP contribution in [0.15, 0.2) is 30.6 Å². The summed E-state index contributed by atoms with van der Waals surface area (Å²) in [5.74, 6) is 0.743. The largest absolute Gasteiger partial charge is 0.381 e. The summed E-state index contributed by atoms with van der Waals surface area (Å²) >= 11 is 0. The van der Waals surface area contributed by atoms with Crippen LogP contribution in [-0.2, 0) is 12.6 Å². The minimum Gasteiger partial charge on any atom is -0.381 e. The lowest BCUT2D eigenvalue weighted by Crippen LogP contribution is -2.27. The molecule has 0 aliphatic rings.